The summed E-state index contributed by atoms with van der Waals surface area (Å²) in [6, 6.07) is 9.06. The molecule has 1 unspecified atom stereocenters. The third-order valence-corrected chi connectivity index (χ3v) is 6.57. The maximum Gasteiger partial charge on any atom is 0.327 e. The second-order valence-electron chi connectivity index (χ2n) is 7.64. The van der Waals surface area contributed by atoms with E-state index in [-0.39, 0.29) is 22.0 Å². The van der Waals surface area contributed by atoms with Crippen molar-refractivity contribution in [2.45, 2.75) is 37.2 Å². The van der Waals surface area contributed by atoms with Crippen molar-refractivity contribution in [2.24, 2.45) is 21.5 Å². The van der Waals surface area contributed by atoms with Gasteiger partial charge in [-0.05, 0) is 37.6 Å². The van der Waals surface area contributed by atoms with Crippen LogP contribution in [0.3, 0.4) is 0 Å². The summed E-state index contributed by atoms with van der Waals surface area (Å²) >= 11 is 0. The molecule has 184 valence electrons. The molecule has 0 radical (unpaired) electrons. The van der Waals surface area contributed by atoms with E-state index in [0.717, 1.165) is 6.92 Å². The number of amides is 2. The lowest BCUT2D eigenvalue weighted by Gasteiger charge is -2.27. The topological polar surface area (TPSA) is 198 Å². The maximum atomic E-state index is 13.3. The number of guanidine groups is 1. The quantitative estimate of drug-likeness (QED) is 0.217. The van der Waals surface area contributed by atoms with Crippen LogP contribution in [0.5, 0.6) is 0 Å². The van der Waals surface area contributed by atoms with Crippen LogP contribution in [0.15, 0.2) is 63.4 Å². The van der Waals surface area contributed by atoms with Gasteiger partial charge in [-0.1, -0.05) is 31.2 Å². The van der Waals surface area contributed by atoms with Crippen LogP contribution in [0.25, 0.3) is 0 Å². The van der Waals surface area contributed by atoms with E-state index in [1.54, 1.807) is 6.07 Å². The fourth-order valence-electron chi connectivity index (χ4n) is 3.41. The summed E-state index contributed by atoms with van der Waals surface area (Å²) in [5.41, 5.74) is 11.7. The Kier molecular flexibility index (Phi) is 7.31. The molecule has 0 fully saturated rings. The molecule has 0 saturated heterocycles. The summed E-state index contributed by atoms with van der Waals surface area (Å²) in [7, 11) is -4.28. The minimum Gasteiger partial charge on any atom is -0.480 e. The largest absolute Gasteiger partial charge is 0.480 e. The van der Waals surface area contributed by atoms with E-state index in [1.165, 1.54) is 42.5 Å². The molecule has 3 rings (SSSR count). The highest BCUT2D eigenvalue weighted by molar-refractivity contribution is 7.89. The van der Waals surface area contributed by atoms with Crippen LogP contribution in [0.2, 0.25) is 0 Å². The molecule has 0 bridgehead atoms. The minimum absolute atomic E-state index is 0.0870. The van der Waals surface area contributed by atoms with Crippen LogP contribution in [-0.4, -0.2) is 60.1 Å². The molecule has 1 aliphatic rings. The first-order valence-electron chi connectivity index (χ1n) is 10.5. The van der Waals surface area contributed by atoms with Gasteiger partial charge >= 0.3 is 5.97 Å². The average Bonchev–Trinajstić information content (AvgIpc) is 3.16. The van der Waals surface area contributed by atoms with Gasteiger partial charge in [-0.3, -0.25) is 9.59 Å². The zero-order chi connectivity index (χ0) is 25.9. The number of hydrogen-bond donors (Lipinski definition) is 4. The van der Waals surface area contributed by atoms with Crippen molar-refractivity contribution in [2.75, 3.05) is 0 Å². The van der Waals surface area contributed by atoms with Gasteiger partial charge in [0.15, 0.2) is 5.96 Å². The normalized spacial score (nSPS) is 14.5. The third kappa shape index (κ3) is 5.36. The van der Waals surface area contributed by atoms with Gasteiger partial charge in [0, 0.05) is 11.1 Å². The number of nitrogens with zero attached hydrogens (tertiary/aromatic N) is 3. The summed E-state index contributed by atoms with van der Waals surface area (Å²) in [5.74, 6) is -3.22. The Morgan fingerprint density at radius 3 is 2.37 bits per heavy atom. The van der Waals surface area contributed by atoms with Gasteiger partial charge in [0.1, 0.15) is 6.04 Å². The van der Waals surface area contributed by atoms with Crippen molar-refractivity contribution in [1.82, 2.24) is 9.84 Å². The number of benzene rings is 2. The van der Waals surface area contributed by atoms with Crippen molar-refractivity contribution in [3.05, 3.63) is 65.2 Å². The summed E-state index contributed by atoms with van der Waals surface area (Å²) < 4.78 is 25.6. The first-order chi connectivity index (χ1) is 16.5. The standard InChI is InChI=1S/C22H24N6O6S/c1-3-17(25-22(23)24)18-15-10-9-13(11-16(15)19(29)26-18)20(30)28(12(2)21(31)32)27-35(33,34)14-7-5-4-6-8-14/h4-12,17,27H,3H2,1-2H3,(H,31,32)(H4,23,24,25)/t12-,17?/m0/s1. The van der Waals surface area contributed by atoms with Crippen LogP contribution >= 0.6 is 0 Å². The zero-order valence-electron chi connectivity index (χ0n) is 18.9. The summed E-state index contributed by atoms with van der Waals surface area (Å²) in [4.78, 5) is 47.4. The van der Waals surface area contributed by atoms with Crippen molar-refractivity contribution in [1.29, 1.82) is 0 Å². The van der Waals surface area contributed by atoms with Crippen LogP contribution in [0, 0.1) is 0 Å². The third-order valence-electron chi connectivity index (χ3n) is 5.24. The number of fused-ring (bicyclic) bond motifs is 1. The Bertz CT molecular complexity index is 1340. The fourth-order valence-corrected chi connectivity index (χ4v) is 4.54. The van der Waals surface area contributed by atoms with Gasteiger partial charge < -0.3 is 16.6 Å². The molecule has 2 amide bonds. The Hall–Kier alpha value is -4.10. The number of carboxylic acid groups (broad SMARTS) is 1. The van der Waals surface area contributed by atoms with Gasteiger partial charge in [0.25, 0.3) is 21.8 Å². The molecule has 0 spiro atoms. The SMILES string of the molecule is CCC(N=C(N)N)C1=NC(=O)c2cc(C(=O)N(NS(=O)(=O)c3ccccc3)[C@@H](C)C(=O)O)ccc21. The number of hydrogen-bond acceptors (Lipinski definition) is 6. The molecule has 1 aliphatic heterocycles. The predicted octanol–water partition coefficient (Wildman–Crippen LogP) is 0.490. The summed E-state index contributed by atoms with van der Waals surface area (Å²) in [5, 5.41) is 9.96. The predicted molar refractivity (Wildman–Crippen MR) is 127 cm³/mol. The van der Waals surface area contributed by atoms with Crippen LogP contribution in [0.4, 0.5) is 0 Å². The number of sulfonamides is 1. The van der Waals surface area contributed by atoms with E-state index in [4.69, 9.17) is 11.5 Å². The molecule has 6 N–H and O–H groups in total. The second-order valence-corrected chi connectivity index (χ2v) is 9.30. The lowest BCUT2D eigenvalue weighted by atomic mass is 9.97. The maximum absolute atomic E-state index is 13.3. The molecule has 0 saturated carbocycles. The van der Waals surface area contributed by atoms with Gasteiger partial charge in [-0.2, -0.15) is 0 Å². The number of carboxylic acids is 1. The Morgan fingerprint density at radius 2 is 1.80 bits per heavy atom. The van der Waals surface area contributed by atoms with E-state index in [2.05, 4.69) is 9.98 Å². The smallest absolute Gasteiger partial charge is 0.327 e. The van der Waals surface area contributed by atoms with Crippen molar-refractivity contribution in [3.63, 3.8) is 0 Å². The molecule has 13 heteroatoms. The fraction of sp³-hybridized carbons (Fsp3) is 0.227. The van der Waals surface area contributed by atoms with Gasteiger partial charge in [-0.15, -0.1) is 4.83 Å². The molecule has 0 aromatic heterocycles. The first kappa shape index (κ1) is 25.5. The average molecular weight is 501 g/mol. The van der Waals surface area contributed by atoms with E-state index >= 15 is 0 Å². The van der Waals surface area contributed by atoms with Gasteiger partial charge in [0.2, 0.25) is 0 Å². The highest BCUT2D eigenvalue weighted by Crippen LogP contribution is 2.25. The molecular weight excluding hydrogens is 476 g/mol. The van der Waals surface area contributed by atoms with Crippen LogP contribution < -0.4 is 16.3 Å². The number of carbonyl (C=O) groups excluding carboxylic acids is 2. The van der Waals surface area contributed by atoms with Gasteiger partial charge in [0.05, 0.1) is 22.2 Å². The minimum atomic E-state index is -4.28. The first-order valence-corrected chi connectivity index (χ1v) is 11.9. The number of rotatable bonds is 9. The number of nitrogens with two attached hydrogens (primary N) is 2. The Morgan fingerprint density at radius 1 is 1.14 bits per heavy atom. The molecule has 1 heterocycles. The van der Waals surface area contributed by atoms with Crippen molar-refractivity contribution < 1.29 is 27.9 Å². The molecule has 2 atom stereocenters. The number of nitrogens with one attached hydrogen (secondary N) is 1. The molecule has 2 aromatic rings. The van der Waals surface area contributed by atoms with Crippen LogP contribution in [0.1, 0.15) is 46.5 Å². The van der Waals surface area contributed by atoms with E-state index in [0.29, 0.717) is 22.7 Å². The second kappa shape index (κ2) is 10.0. The van der Waals surface area contributed by atoms with Gasteiger partial charge in [-0.25, -0.2) is 28.2 Å². The number of aliphatic carboxylic acids is 1. The number of hydrazine groups is 1. The van der Waals surface area contributed by atoms with E-state index in [9.17, 15) is 27.9 Å². The molecule has 35 heavy (non-hydrogen) atoms. The lowest BCUT2D eigenvalue weighted by molar-refractivity contribution is -0.142. The Labute approximate surface area is 201 Å². The van der Waals surface area contributed by atoms with Crippen molar-refractivity contribution >= 4 is 39.5 Å². The molecular formula is C22H24N6O6S. The highest BCUT2D eigenvalue weighted by atomic mass is 32.2. The molecule has 2 aromatic carbocycles. The number of carbonyl (C=O) groups is 3. The lowest BCUT2D eigenvalue weighted by Crippen LogP contribution is -2.53. The number of aliphatic imine (C=N–C) groups is 2. The monoisotopic (exact) mass is 500 g/mol. The summed E-state index contributed by atoms with van der Waals surface area (Å²) in [6.07, 6.45) is 0.454. The van der Waals surface area contributed by atoms with E-state index < -0.39 is 39.9 Å². The molecule has 0 aliphatic carbocycles. The Balaban J connectivity index is 1.98. The van der Waals surface area contributed by atoms with Crippen LogP contribution in [-0.2, 0) is 14.8 Å². The zero-order valence-corrected chi connectivity index (χ0v) is 19.7. The van der Waals surface area contributed by atoms with E-state index in [1.807, 2.05) is 11.8 Å². The molecule has 12 nitrogen and oxygen atoms in total. The van der Waals surface area contributed by atoms with Crippen molar-refractivity contribution in [3.8, 4) is 0 Å². The highest BCUT2D eigenvalue weighted by Gasteiger charge is 2.34. The summed E-state index contributed by atoms with van der Waals surface area (Å²) in [6.45, 7) is 2.96.